The maximum atomic E-state index is 13.2. The van der Waals surface area contributed by atoms with Crippen LogP contribution >= 0.6 is 0 Å². The Hall–Kier alpha value is -3.41. The zero-order chi connectivity index (χ0) is 19.5. The molecular formula is C22H22N4O2. The van der Waals surface area contributed by atoms with E-state index in [9.17, 15) is 9.59 Å². The molecule has 2 aromatic carbocycles. The van der Waals surface area contributed by atoms with Crippen molar-refractivity contribution in [2.24, 2.45) is 0 Å². The Morgan fingerprint density at radius 2 is 1.54 bits per heavy atom. The lowest BCUT2D eigenvalue weighted by molar-refractivity contribution is 0.631. The fraction of sp³-hybridized carbons (Fsp3) is 0.227. The Morgan fingerprint density at radius 1 is 0.893 bits per heavy atom. The highest BCUT2D eigenvalue weighted by Gasteiger charge is 2.17. The lowest BCUT2D eigenvalue weighted by atomic mass is 10.1. The maximum absolute atomic E-state index is 13.2. The highest BCUT2D eigenvalue weighted by atomic mass is 16.2. The highest BCUT2D eigenvalue weighted by molar-refractivity contribution is 5.70. The smallest absolute Gasteiger partial charge is 0.318 e. The molecule has 142 valence electrons. The number of H-pyrrole nitrogens is 1. The average molecular weight is 374 g/mol. The second-order valence-electron chi connectivity index (χ2n) is 6.77. The van der Waals surface area contributed by atoms with Crippen LogP contribution in [0, 0.1) is 0 Å². The van der Waals surface area contributed by atoms with Gasteiger partial charge in [0.2, 0.25) is 0 Å². The van der Waals surface area contributed by atoms with Crippen LogP contribution in [0.2, 0.25) is 0 Å². The number of nitrogens with zero attached hydrogens (tertiary/aromatic N) is 3. The third-order valence-corrected chi connectivity index (χ3v) is 4.93. The number of aromatic amines is 1. The third kappa shape index (κ3) is 3.41. The molecule has 0 radical (unpaired) electrons. The fourth-order valence-corrected chi connectivity index (χ4v) is 3.49. The van der Waals surface area contributed by atoms with E-state index in [0.717, 1.165) is 17.0 Å². The SMILES string of the molecule is CCc1nc2[nH]c(=O)n(CCc3ccccc3)c(=O)c2n1Cc1ccccc1. The van der Waals surface area contributed by atoms with Gasteiger partial charge in [0.25, 0.3) is 5.56 Å². The van der Waals surface area contributed by atoms with Crippen molar-refractivity contribution in [3.05, 3.63) is 98.5 Å². The van der Waals surface area contributed by atoms with Crippen LogP contribution in [0.25, 0.3) is 11.2 Å². The number of nitrogens with one attached hydrogen (secondary N) is 1. The lowest BCUT2D eigenvalue weighted by Crippen LogP contribution is -2.36. The van der Waals surface area contributed by atoms with E-state index in [1.807, 2.05) is 72.2 Å². The molecule has 0 atom stereocenters. The van der Waals surface area contributed by atoms with Crippen LogP contribution in [0.1, 0.15) is 23.9 Å². The first-order chi connectivity index (χ1) is 13.7. The van der Waals surface area contributed by atoms with Crippen LogP contribution in [-0.4, -0.2) is 19.1 Å². The molecule has 6 nitrogen and oxygen atoms in total. The molecule has 1 N–H and O–H groups in total. The van der Waals surface area contributed by atoms with Crippen LogP contribution in [0.15, 0.2) is 70.3 Å². The predicted octanol–water partition coefficient (Wildman–Crippen LogP) is 2.74. The Labute approximate surface area is 162 Å². The largest absolute Gasteiger partial charge is 0.330 e. The molecule has 0 fully saturated rings. The Kier molecular flexibility index (Phi) is 4.93. The summed E-state index contributed by atoms with van der Waals surface area (Å²) >= 11 is 0. The second-order valence-corrected chi connectivity index (χ2v) is 6.77. The van der Waals surface area contributed by atoms with Crippen LogP contribution in [0.3, 0.4) is 0 Å². The van der Waals surface area contributed by atoms with Gasteiger partial charge in [-0.2, -0.15) is 0 Å². The second kappa shape index (κ2) is 7.68. The van der Waals surface area contributed by atoms with Gasteiger partial charge in [0.1, 0.15) is 5.82 Å². The summed E-state index contributed by atoms with van der Waals surface area (Å²) in [6.07, 6.45) is 1.29. The van der Waals surface area contributed by atoms with Gasteiger partial charge in [-0.05, 0) is 17.5 Å². The van der Waals surface area contributed by atoms with Gasteiger partial charge in [-0.15, -0.1) is 0 Å². The molecule has 0 saturated carbocycles. The summed E-state index contributed by atoms with van der Waals surface area (Å²) in [7, 11) is 0. The van der Waals surface area contributed by atoms with Crippen molar-refractivity contribution in [3.8, 4) is 0 Å². The number of hydrogen-bond acceptors (Lipinski definition) is 3. The molecule has 0 bridgehead atoms. The number of aromatic nitrogens is 4. The first kappa shape index (κ1) is 18.0. The van der Waals surface area contributed by atoms with Gasteiger partial charge < -0.3 is 4.57 Å². The molecule has 4 aromatic rings. The van der Waals surface area contributed by atoms with E-state index < -0.39 is 5.69 Å². The standard InChI is InChI=1S/C22H22N4O2/c1-2-18-23-20-19(26(18)15-17-11-7-4-8-12-17)21(27)25(22(28)24-20)14-13-16-9-5-3-6-10-16/h3-12H,2,13-15H2,1H3,(H,24,28). The topological polar surface area (TPSA) is 72.7 Å². The van der Waals surface area contributed by atoms with Gasteiger partial charge in [-0.1, -0.05) is 67.6 Å². The average Bonchev–Trinajstić information content (AvgIpc) is 3.06. The van der Waals surface area contributed by atoms with E-state index in [-0.39, 0.29) is 5.56 Å². The Morgan fingerprint density at radius 3 is 2.18 bits per heavy atom. The maximum Gasteiger partial charge on any atom is 0.330 e. The minimum Gasteiger partial charge on any atom is -0.318 e. The van der Waals surface area contributed by atoms with Crippen LogP contribution in [-0.2, 0) is 25.9 Å². The summed E-state index contributed by atoms with van der Waals surface area (Å²) < 4.78 is 3.19. The lowest BCUT2D eigenvalue weighted by Gasteiger charge is -2.09. The van der Waals surface area contributed by atoms with Gasteiger partial charge in [0.05, 0.1) is 0 Å². The van der Waals surface area contributed by atoms with Crippen molar-refractivity contribution in [1.29, 1.82) is 0 Å². The number of imidazole rings is 1. The molecule has 0 aliphatic heterocycles. The predicted molar refractivity (Wildman–Crippen MR) is 110 cm³/mol. The Balaban J connectivity index is 1.79. The number of benzene rings is 2. The van der Waals surface area contributed by atoms with Gasteiger partial charge in [0.15, 0.2) is 11.2 Å². The molecular weight excluding hydrogens is 352 g/mol. The summed E-state index contributed by atoms with van der Waals surface area (Å²) in [6, 6.07) is 19.8. The molecule has 0 amide bonds. The van der Waals surface area contributed by atoms with Gasteiger partial charge >= 0.3 is 5.69 Å². The normalized spacial score (nSPS) is 11.2. The summed E-state index contributed by atoms with van der Waals surface area (Å²) in [4.78, 5) is 33.0. The van der Waals surface area contributed by atoms with E-state index in [1.165, 1.54) is 4.57 Å². The first-order valence-corrected chi connectivity index (χ1v) is 9.47. The zero-order valence-electron chi connectivity index (χ0n) is 15.8. The van der Waals surface area contributed by atoms with Crippen molar-refractivity contribution < 1.29 is 0 Å². The van der Waals surface area contributed by atoms with Crippen molar-refractivity contribution in [1.82, 2.24) is 19.1 Å². The molecule has 0 spiro atoms. The third-order valence-electron chi connectivity index (χ3n) is 4.93. The molecule has 0 aliphatic carbocycles. The molecule has 2 aromatic heterocycles. The van der Waals surface area contributed by atoms with Gasteiger partial charge in [0, 0.05) is 19.5 Å². The van der Waals surface area contributed by atoms with Crippen LogP contribution < -0.4 is 11.2 Å². The number of rotatable bonds is 6. The van der Waals surface area contributed by atoms with E-state index in [4.69, 9.17) is 0 Å². The number of hydrogen-bond donors (Lipinski definition) is 1. The number of aryl methyl sites for hydroxylation is 2. The van der Waals surface area contributed by atoms with Gasteiger partial charge in [-0.3, -0.25) is 14.3 Å². The van der Waals surface area contributed by atoms with E-state index in [2.05, 4.69) is 9.97 Å². The molecule has 0 saturated heterocycles. The summed E-state index contributed by atoms with van der Waals surface area (Å²) in [5.41, 5.74) is 2.27. The van der Waals surface area contributed by atoms with Crippen LogP contribution in [0.4, 0.5) is 0 Å². The zero-order valence-corrected chi connectivity index (χ0v) is 15.8. The highest BCUT2D eigenvalue weighted by Crippen LogP contribution is 2.13. The van der Waals surface area contributed by atoms with E-state index in [0.29, 0.717) is 37.1 Å². The molecule has 0 unspecified atom stereocenters. The molecule has 4 rings (SSSR count). The number of fused-ring (bicyclic) bond motifs is 1. The van der Waals surface area contributed by atoms with E-state index in [1.54, 1.807) is 0 Å². The van der Waals surface area contributed by atoms with E-state index >= 15 is 0 Å². The summed E-state index contributed by atoms with van der Waals surface area (Å²) in [5, 5.41) is 0. The van der Waals surface area contributed by atoms with Crippen molar-refractivity contribution >= 4 is 11.2 Å². The summed E-state index contributed by atoms with van der Waals surface area (Å²) in [5.74, 6) is 0.785. The monoisotopic (exact) mass is 374 g/mol. The van der Waals surface area contributed by atoms with Crippen LogP contribution in [0.5, 0.6) is 0 Å². The molecule has 28 heavy (non-hydrogen) atoms. The van der Waals surface area contributed by atoms with Crippen molar-refractivity contribution in [2.75, 3.05) is 0 Å². The van der Waals surface area contributed by atoms with Gasteiger partial charge in [-0.25, -0.2) is 9.78 Å². The molecule has 0 aliphatic rings. The van der Waals surface area contributed by atoms with Crippen molar-refractivity contribution in [2.45, 2.75) is 32.9 Å². The fourth-order valence-electron chi connectivity index (χ4n) is 3.49. The quantitative estimate of drug-likeness (QED) is 0.564. The summed E-state index contributed by atoms with van der Waals surface area (Å²) in [6.45, 7) is 2.86. The molecule has 6 heteroatoms. The Bertz CT molecular complexity index is 1200. The van der Waals surface area contributed by atoms with Crippen molar-refractivity contribution in [3.63, 3.8) is 0 Å². The minimum absolute atomic E-state index is 0.294. The first-order valence-electron chi connectivity index (χ1n) is 9.47. The molecule has 2 heterocycles. The minimum atomic E-state index is -0.416.